The van der Waals surface area contributed by atoms with Gasteiger partial charge in [-0.1, -0.05) is 41.9 Å². The molecule has 0 saturated carbocycles. The normalized spacial score (nSPS) is 31.9. The van der Waals surface area contributed by atoms with Gasteiger partial charge in [0.1, 0.15) is 6.04 Å². The zero-order chi connectivity index (χ0) is 27.0. The van der Waals surface area contributed by atoms with Gasteiger partial charge in [0.25, 0.3) is 0 Å². The quantitative estimate of drug-likeness (QED) is 0.172. The van der Waals surface area contributed by atoms with Crippen molar-refractivity contribution in [1.82, 2.24) is 9.80 Å². The van der Waals surface area contributed by atoms with Crippen LogP contribution in [-0.2, 0) is 19.1 Å². The number of alkyl halides is 1. The number of nitrogens with zero attached hydrogens (tertiary/aromatic N) is 2. The second-order valence-electron chi connectivity index (χ2n) is 11.5. The van der Waals surface area contributed by atoms with Gasteiger partial charge < -0.3 is 19.6 Å². The maximum absolute atomic E-state index is 14.4. The number of hydrogen-bond donors (Lipinski definition) is 1. The maximum atomic E-state index is 14.4. The van der Waals surface area contributed by atoms with E-state index in [4.69, 9.17) is 4.74 Å². The minimum absolute atomic E-state index is 0.0288. The first-order chi connectivity index (χ1) is 16.8. The smallest absolute Gasteiger partial charge is 0.310 e. The molecule has 3 saturated heterocycles. The van der Waals surface area contributed by atoms with Crippen molar-refractivity contribution in [3.05, 3.63) is 25.3 Å². The topological polar surface area (TPSA) is 87.2 Å². The summed E-state index contributed by atoms with van der Waals surface area (Å²) in [7, 11) is 0. The van der Waals surface area contributed by atoms with Crippen molar-refractivity contribution >= 4 is 45.5 Å². The van der Waals surface area contributed by atoms with Gasteiger partial charge in [0.15, 0.2) is 0 Å². The molecule has 0 aromatic rings. The Kier molecular flexibility index (Phi) is 9.09. The first-order valence-electron chi connectivity index (χ1n) is 12.8. The Hall–Kier alpha value is -1.32. The number of carbonyl (C=O) groups excluding carboxylic acids is 3. The van der Waals surface area contributed by atoms with Gasteiger partial charge in [-0.05, 0) is 46.0 Å². The number of rotatable bonds is 11. The summed E-state index contributed by atoms with van der Waals surface area (Å²) in [5, 5.41) is 10.2. The highest BCUT2D eigenvalue weighted by atomic mass is 79.9. The molecule has 202 valence electrons. The van der Waals surface area contributed by atoms with E-state index >= 15 is 0 Å². The number of amides is 2. The molecule has 3 rings (SSSR count). The minimum Gasteiger partial charge on any atom is -0.465 e. The second kappa shape index (κ2) is 11.2. The second-order valence-corrected chi connectivity index (χ2v) is 14.2. The van der Waals surface area contributed by atoms with Gasteiger partial charge in [0.2, 0.25) is 11.8 Å². The molecule has 3 heterocycles. The lowest BCUT2D eigenvalue weighted by Gasteiger charge is -2.44. The molecule has 1 spiro atoms. The SMILES string of the molecule is C=CCCOC(=O)[C@H]1[C@@H]2SC3(CC2Br)C(C(=O)N(CC=C)C(C)(C)C)N([C@@H](CO)CC(C)C)C(=O)[C@H]13. The highest BCUT2D eigenvalue weighted by Gasteiger charge is 2.76. The summed E-state index contributed by atoms with van der Waals surface area (Å²) in [6, 6.07) is -1.30. The minimum atomic E-state index is -0.786. The third-order valence-corrected chi connectivity index (χ3v) is 10.8. The van der Waals surface area contributed by atoms with E-state index in [9.17, 15) is 19.5 Å². The molecule has 3 unspecified atom stereocenters. The summed E-state index contributed by atoms with van der Waals surface area (Å²) >= 11 is 5.36. The summed E-state index contributed by atoms with van der Waals surface area (Å²) in [6.45, 7) is 17.8. The number of thioether (sulfide) groups is 1. The Morgan fingerprint density at radius 3 is 2.53 bits per heavy atom. The van der Waals surface area contributed by atoms with Crippen molar-refractivity contribution in [3.8, 4) is 0 Å². The molecule has 7 nitrogen and oxygen atoms in total. The van der Waals surface area contributed by atoms with E-state index in [1.807, 2.05) is 34.6 Å². The van der Waals surface area contributed by atoms with E-state index in [1.165, 1.54) is 0 Å². The lowest BCUT2D eigenvalue weighted by atomic mass is 9.71. The zero-order valence-corrected chi connectivity index (χ0v) is 24.5. The van der Waals surface area contributed by atoms with Gasteiger partial charge >= 0.3 is 5.97 Å². The standard InChI is InChI=1S/C27H41BrN2O5S/c1-8-10-12-35-25(34)19-20-23(32)30(17(15-31)13-16(3)4)22(27(20)14-18(28)21(19)36-27)24(33)29(11-9-2)26(5,6)7/h8-9,16-22,31H,1-2,10-15H2,3-7H3/t17-,18?,19-,20+,21-,22?,27?/m1/s1. The van der Waals surface area contributed by atoms with Crippen LogP contribution in [0.15, 0.2) is 25.3 Å². The van der Waals surface area contributed by atoms with Gasteiger partial charge in [-0.3, -0.25) is 14.4 Å². The average Bonchev–Trinajstić information content (AvgIpc) is 3.38. The van der Waals surface area contributed by atoms with Crippen LogP contribution in [0.5, 0.6) is 0 Å². The lowest BCUT2D eigenvalue weighted by Crippen LogP contribution is -2.61. The molecule has 2 amide bonds. The van der Waals surface area contributed by atoms with Gasteiger partial charge in [0.05, 0.1) is 35.8 Å². The van der Waals surface area contributed by atoms with Crippen molar-refractivity contribution in [3.63, 3.8) is 0 Å². The van der Waals surface area contributed by atoms with E-state index in [1.54, 1.807) is 33.7 Å². The van der Waals surface area contributed by atoms with Crippen LogP contribution in [0.3, 0.4) is 0 Å². The fraction of sp³-hybridized carbons (Fsp3) is 0.741. The fourth-order valence-electron chi connectivity index (χ4n) is 6.14. The molecule has 0 radical (unpaired) electrons. The monoisotopic (exact) mass is 584 g/mol. The number of hydrogen-bond acceptors (Lipinski definition) is 6. The molecule has 7 atom stereocenters. The molecular weight excluding hydrogens is 544 g/mol. The van der Waals surface area contributed by atoms with Crippen LogP contribution in [0.2, 0.25) is 0 Å². The number of carbonyl (C=O) groups is 3. The van der Waals surface area contributed by atoms with Crippen LogP contribution >= 0.6 is 27.7 Å². The van der Waals surface area contributed by atoms with Crippen LogP contribution in [-0.4, -0.2) is 84.9 Å². The average molecular weight is 586 g/mol. The number of fused-ring (bicyclic) bond motifs is 1. The summed E-state index contributed by atoms with van der Waals surface area (Å²) in [4.78, 5) is 45.3. The van der Waals surface area contributed by atoms with E-state index in [2.05, 4.69) is 29.1 Å². The first kappa shape index (κ1) is 29.2. The Morgan fingerprint density at radius 1 is 1.33 bits per heavy atom. The zero-order valence-electron chi connectivity index (χ0n) is 22.1. The molecule has 0 aromatic carbocycles. The summed E-state index contributed by atoms with van der Waals surface area (Å²) < 4.78 is 4.80. The Balaban J connectivity index is 2.12. The van der Waals surface area contributed by atoms with Gasteiger partial charge in [-0.25, -0.2) is 0 Å². The van der Waals surface area contributed by atoms with Crippen LogP contribution < -0.4 is 0 Å². The lowest BCUT2D eigenvalue weighted by molar-refractivity contribution is -0.154. The Labute approximate surface area is 228 Å². The van der Waals surface area contributed by atoms with E-state index in [-0.39, 0.29) is 41.0 Å². The number of halogens is 1. The number of likely N-dealkylation sites (tertiary alicyclic amines) is 1. The molecule has 2 bridgehead atoms. The molecular formula is C27H41BrN2O5S. The molecule has 36 heavy (non-hydrogen) atoms. The summed E-state index contributed by atoms with van der Waals surface area (Å²) in [5.74, 6) is -1.88. The first-order valence-corrected chi connectivity index (χ1v) is 14.6. The van der Waals surface area contributed by atoms with Crippen LogP contribution in [0.25, 0.3) is 0 Å². The molecule has 9 heteroatoms. The highest BCUT2D eigenvalue weighted by Crippen LogP contribution is 2.68. The van der Waals surface area contributed by atoms with E-state index < -0.39 is 40.2 Å². The highest BCUT2D eigenvalue weighted by molar-refractivity contribution is 9.09. The molecule has 3 aliphatic heterocycles. The van der Waals surface area contributed by atoms with Crippen molar-refractivity contribution in [2.24, 2.45) is 17.8 Å². The molecule has 3 aliphatic rings. The van der Waals surface area contributed by atoms with Crippen LogP contribution in [0.4, 0.5) is 0 Å². The van der Waals surface area contributed by atoms with E-state index in [0.29, 0.717) is 25.8 Å². The van der Waals surface area contributed by atoms with Gasteiger partial charge in [0, 0.05) is 22.2 Å². The molecule has 3 fully saturated rings. The van der Waals surface area contributed by atoms with Crippen molar-refractivity contribution in [2.45, 2.75) is 86.3 Å². The predicted octanol–water partition coefficient (Wildman–Crippen LogP) is 3.79. The van der Waals surface area contributed by atoms with Crippen LogP contribution in [0, 0.1) is 17.8 Å². The summed E-state index contributed by atoms with van der Waals surface area (Å²) in [5.41, 5.74) is -0.500. The van der Waals surface area contributed by atoms with Gasteiger partial charge in [-0.2, -0.15) is 0 Å². The fourth-order valence-corrected chi connectivity index (χ4v) is 9.72. The van der Waals surface area contributed by atoms with Crippen molar-refractivity contribution in [1.29, 1.82) is 0 Å². The predicted molar refractivity (Wildman–Crippen MR) is 147 cm³/mol. The molecule has 0 aliphatic carbocycles. The molecule has 0 aromatic heterocycles. The third kappa shape index (κ3) is 5.04. The van der Waals surface area contributed by atoms with Crippen LogP contribution in [0.1, 0.15) is 53.9 Å². The Morgan fingerprint density at radius 2 is 2.00 bits per heavy atom. The number of esters is 1. The van der Waals surface area contributed by atoms with E-state index in [0.717, 1.165) is 0 Å². The maximum Gasteiger partial charge on any atom is 0.310 e. The number of aliphatic hydroxyl groups is 1. The number of ether oxygens (including phenoxy) is 1. The van der Waals surface area contributed by atoms with Crippen molar-refractivity contribution < 1.29 is 24.2 Å². The Bertz CT molecular complexity index is 890. The van der Waals surface area contributed by atoms with Gasteiger partial charge in [-0.15, -0.1) is 24.9 Å². The van der Waals surface area contributed by atoms with Crippen molar-refractivity contribution in [2.75, 3.05) is 19.8 Å². The summed E-state index contributed by atoms with van der Waals surface area (Å²) in [6.07, 6.45) is 5.07. The molecule has 1 N–H and O–H groups in total. The third-order valence-electron chi connectivity index (χ3n) is 7.53. The number of aliphatic hydroxyl groups excluding tert-OH is 1. The largest absolute Gasteiger partial charge is 0.465 e.